The van der Waals surface area contributed by atoms with E-state index in [1.54, 1.807) is 0 Å². The number of nitrogens with zero attached hydrogens (tertiary/aromatic N) is 2. The quantitative estimate of drug-likeness (QED) is 0.921. The van der Waals surface area contributed by atoms with Crippen molar-refractivity contribution in [3.8, 4) is 0 Å². The second-order valence-corrected chi connectivity index (χ2v) is 6.12. The van der Waals surface area contributed by atoms with Crippen LogP contribution in [0.25, 0.3) is 0 Å². The van der Waals surface area contributed by atoms with E-state index in [4.69, 9.17) is 23.2 Å². The van der Waals surface area contributed by atoms with Crippen molar-refractivity contribution in [1.29, 1.82) is 0 Å². The van der Waals surface area contributed by atoms with Gasteiger partial charge < -0.3 is 5.32 Å². The molecule has 1 saturated carbocycles. The van der Waals surface area contributed by atoms with Gasteiger partial charge in [-0.2, -0.15) is 0 Å². The zero-order chi connectivity index (χ0) is 14.5. The Hall–Kier alpha value is -0.870. The molecule has 0 saturated heterocycles. The Balaban J connectivity index is 1.85. The van der Waals surface area contributed by atoms with Gasteiger partial charge in [0.2, 0.25) is 0 Å². The highest BCUT2D eigenvalue weighted by Gasteiger charge is 2.21. The molecule has 1 aliphatic carbocycles. The summed E-state index contributed by atoms with van der Waals surface area (Å²) in [5, 5.41) is 10.4. The fourth-order valence-corrected chi connectivity index (χ4v) is 3.01. The highest BCUT2D eigenvalue weighted by Crippen LogP contribution is 2.30. The largest absolute Gasteiger partial charge is 0.352 e. The predicted molar refractivity (Wildman–Crippen MR) is 80.1 cm³/mol. The SMILES string of the molecule is CCC1CCC(CNC(=O)c2cc(Cl)nnc2Cl)CC1. The van der Waals surface area contributed by atoms with Crippen LogP contribution in [0.3, 0.4) is 0 Å². The molecule has 0 bridgehead atoms. The maximum absolute atomic E-state index is 12.1. The minimum Gasteiger partial charge on any atom is -0.352 e. The predicted octanol–water partition coefficient (Wildman–Crippen LogP) is 3.73. The van der Waals surface area contributed by atoms with Gasteiger partial charge >= 0.3 is 0 Å². The van der Waals surface area contributed by atoms with Crippen molar-refractivity contribution in [1.82, 2.24) is 15.5 Å². The molecule has 0 aliphatic heterocycles. The Labute approximate surface area is 129 Å². The lowest BCUT2D eigenvalue weighted by atomic mass is 9.81. The van der Waals surface area contributed by atoms with Gasteiger partial charge in [0, 0.05) is 6.54 Å². The molecule has 4 nitrogen and oxygen atoms in total. The van der Waals surface area contributed by atoms with Crippen molar-refractivity contribution in [3.63, 3.8) is 0 Å². The van der Waals surface area contributed by atoms with Gasteiger partial charge in [-0.1, -0.05) is 49.4 Å². The Bertz CT molecular complexity index is 473. The van der Waals surface area contributed by atoms with Crippen molar-refractivity contribution in [2.24, 2.45) is 11.8 Å². The summed E-state index contributed by atoms with van der Waals surface area (Å²) in [7, 11) is 0. The molecule has 1 aromatic rings. The van der Waals surface area contributed by atoms with Gasteiger partial charge in [-0.3, -0.25) is 4.79 Å². The molecule has 1 N–H and O–H groups in total. The highest BCUT2D eigenvalue weighted by molar-refractivity contribution is 6.34. The molecule has 6 heteroatoms. The Kier molecular flexibility index (Phi) is 5.61. The van der Waals surface area contributed by atoms with Crippen LogP contribution in [0.4, 0.5) is 0 Å². The van der Waals surface area contributed by atoms with E-state index in [-0.39, 0.29) is 21.8 Å². The number of halogens is 2. The van der Waals surface area contributed by atoms with E-state index >= 15 is 0 Å². The van der Waals surface area contributed by atoms with E-state index < -0.39 is 0 Å². The molecule has 0 spiro atoms. The summed E-state index contributed by atoms with van der Waals surface area (Å²) in [6, 6.07) is 1.44. The molecule has 110 valence electrons. The van der Waals surface area contributed by atoms with Crippen molar-refractivity contribution in [3.05, 3.63) is 21.9 Å². The normalized spacial score (nSPS) is 22.6. The molecular formula is C14H19Cl2N3O. The van der Waals surface area contributed by atoms with Crippen LogP contribution in [0.15, 0.2) is 6.07 Å². The van der Waals surface area contributed by atoms with Crippen molar-refractivity contribution >= 4 is 29.1 Å². The summed E-state index contributed by atoms with van der Waals surface area (Å²) in [6.45, 7) is 2.93. The van der Waals surface area contributed by atoms with Crippen LogP contribution < -0.4 is 5.32 Å². The lowest BCUT2D eigenvalue weighted by molar-refractivity contribution is 0.0941. The summed E-state index contributed by atoms with van der Waals surface area (Å²) in [4.78, 5) is 12.1. The number of hydrogen-bond donors (Lipinski definition) is 1. The number of amides is 1. The third-order valence-electron chi connectivity index (χ3n) is 4.06. The topological polar surface area (TPSA) is 54.9 Å². The Morgan fingerprint density at radius 1 is 1.25 bits per heavy atom. The van der Waals surface area contributed by atoms with Gasteiger partial charge in [0.25, 0.3) is 5.91 Å². The van der Waals surface area contributed by atoms with E-state index in [0.29, 0.717) is 12.5 Å². The number of hydrogen-bond acceptors (Lipinski definition) is 3. The number of carbonyl (C=O) groups excluding carboxylic acids is 1. The molecule has 1 heterocycles. The maximum atomic E-state index is 12.1. The number of aromatic nitrogens is 2. The van der Waals surface area contributed by atoms with Crippen LogP contribution in [0.1, 0.15) is 49.4 Å². The van der Waals surface area contributed by atoms with E-state index in [2.05, 4.69) is 22.4 Å². The van der Waals surface area contributed by atoms with E-state index in [1.807, 2.05) is 0 Å². The highest BCUT2D eigenvalue weighted by atomic mass is 35.5. The molecular weight excluding hydrogens is 297 g/mol. The third kappa shape index (κ3) is 4.06. The van der Waals surface area contributed by atoms with Crippen molar-refractivity contribution in [2.45, 2.75) is 39.0 Å². The summed E-state index contributed by atoms with van der Waals surface area (Å²) < 4.78 is 0. The van der Waals surface area contributed by atoms with Crippen LogP contribution in [-0.2, 0) is 0 Å². The summed E-state index contributed by atoms with van der Waals surface area (Å²) in [5.41, 5.74) is 0.286. The summed E-state index contributed by atoms with van der Waals surface area (Å²) >= 11 is 11.6. The summed E-state index contributed by atoms with van der Waals surface area (Å²) in [5.74, 6) is 1.19. The standard InChI is InChI=1S/C14H19Cl2N3O/c1-2-9-3-5-10(6-4-9)8-17-14(20)11-7-12(15)18-19-13(11)16/h7,9-10H,2-6,8H2,1H3,(H,17,20). The first-order valence-corrected chi connectivity index (χ1v) is 7.82. The van der Waals surface area contributed by atoms with Crippen LogP contribution in [0, 0.1) is 11.8 Å². The lowest BCUT2D eigenvalue weighted by Gasteiger charge is -2.27. The summed E-state index contributed by atoms with van der Waals surface area (Å²) in [6.07, 6.45) is 6.15. The van der Waals surface area contributed by atoms with Gasteiger partial charge in [0.15, 0.2) is 10.3 Å². The average Bonchev–Trinajstić information content (AvgIpc) is 2.47. The molecule has 1 aliphatic rings. The first kappa shape index (κ1) is 15.5. The number of rotatable bonds is 4. The van der Waals surface area contributed by atoms with Gasteiger partial charge in [-0.25, -0.2) is 0 Å². The van der Waals surface area contributed by atoms with E-state index in [1.165, 1.54) is 38.2 Å². The fourth-order valence-electron chi connectivity index (χ4n) is 2.69. The van der Waals surface area contributed by atoms with Crippen LogP contribution in [-0.4, -0.2) is 22.6 Å². The Morgan fingerprint density at radius 2 is 1.90 bits per heavy atom. The number of nitrogens with one attached hydrogen (secondary N) is 1. The van der Waals surface area contributed by atoms with Crippen molar-refractivity contribution in [2.75, 3.05) is 6.54 Å². The first-order valence-electron chi connectivity index (χ1n) is 7.07. The smallest absolute Gasteiger partial charge is 0.254 e. The van der Waals surface area contributed by atoms with Gasteiger partial charge in [0.1, 0.15) is 0 Å². The van der Waals surface area contributed by atoms with Gasteiger partial charge in [-0.05, 0) is 30.7 Å². The fraction of sp³-hybridized carbons (Fsp3) is 0.643. The molecule has 0 atom stereocenters. The molecule has 0 radical (unpaired) electrons. The maximum Gasteiger partial charge on any atom is 0.254 e. The minimum atomic E-state index is -0.232. The minimum absolute atomic E-state index is 0.0848. The average molecular weight is 316 g/mol. The third-order valence-corrected chi connectivity index (χ3v) is 4.52. The molecule has 1 amide bonds. The van der Waals surface area contributed by atoms with E-state index in [9.17, 15) is 4.79 Å². The monoisotopic (exact) mass is 315 g/mol. The second-order valence-electron chi connectivity index (χ2n) is 5.38. The van der Waals surface area contributed by atoms with Gasteiger partial charge in [0.05, 0.1) is 5.56 Å². The van der Waals surface area contributed by atoms with Crippen LogP contribution in [0.2, 0.25) is 10.3 Å². The first-order chi connectivity index (χ1) is 9.60. The Morgan fingerprint density at radius 3 is 2.55 bits per heavy atom. The molecule has 1 aromatic heterocycles. The lowest BCUT2D eigenvalue weighted by Crippen LogP contribution is -2.31. The van der Waals surface area contributed by atoms with E-state index in [0.717, 1.165) is 5.92 Å². The molecule has 0 unspecified atom stereocenters. The van der Waals surface area contributed by atoms with Gasteiger partial charge in [-0.15, -0.1) is 10.2 Å². The molecule has 1 fully saturated rings. The van der Waals surface area contributed by atoms with Crippen molar-refractivity contribution < 1.29 is 4.79 Å². The molecule has 0 aromatic carbocycles. The zero-order valence-corrected chi connectivity index (χ0v) is 13.0. The second kappa shape index (κ2) is 7.23. The molecule has 20 heavy (non-hydrogen) atoms. The van der Waals surface area contributed by atoms with Crippen LogP contribution in [0.5, 0.6) is 0 Å². The zero-order valence-electron chi connectivity index (χ0n) is 11.5. The molecule has 2 rings (SSSR count). The van der Waals surface area contributed by atoms with Crippen LogP contribution >= 0.6 is 23.2 Å². The number of carbonyl (C=O) groups is 1.